The van der Waals surface area contributed by atoms with Gasteiger partial charge >= 0.3 is 0 Å². The van der Waals surface area contributed by atoms with Gasteiger partial charge in [-0.2, -0.15) is 0 Å². The van der Waals surface area contributed by atoms with Crippen LogP contribution in [0.25, 0.3) is 11.4 Å². The minimum absolute atomic E-state index is 0.0252. The van der Waals surface area contributed by atoms with Crippen molar-refractivity contribution in [3.8, 4) is 17.1 Å². The molecule has 0 radical (unpaired) electrons. The summed E-state index contributed by atoms with van der Waals surface area (Å²) >= 11 is 13.2. The molecule has 3 aromatic rings. The van der Waals surface area contributed by atoms with E-state index < -0.39 is 10.8 Å². The molecule has 0 fully saturated rings. The van der Waals surface area contributed by atoms with E-state index in [2.05, 4.69) is 15.5 Å². The van der Waals surface area contributed by atoms with Crippen molar-refractivity contribution in [2.75, 3.05) is 11.1 Å². The zero-order chi connectivity index (χ0) is 21.8. The zero-order valence-electron chi connectivity index (χ0n) is 15.5. The van der Waals surface area contributed by atoms with Crippen LogP contribution in [0.4, 0.5) is 11.4 Å². The number of anilines is 1. The van der Waals surface area contributed by atoms with Crippen molar-refractivity contribution >= 4 is 52.2 Å². The van der Waals surface area contributed by atoms with E-state index in [1.807, 2.05) is 6.92 Å². The summed E-state index contributed by atoms with van der Waals surface area (Å²) < 4.78 is 1.78. The summed E-state index contributed by atoms with van der Waals surface area (Å²) in [6, 6.07) is 9.00. The van der Waals surface area contributed by atoms with Crippen LogP contribution in [-0.2, 0) is 11.3 Å². The normalized spacial score (nSPS) is 10.8. The van der Waals surface area contributed by atoms with E-state index in [1.54, 1.807) is 28.8 Å². The highest BCUT2D eigenvalue weighted by Crippen LogP contribution is 2.35. The van der Waals surface area contributed by atoms with Gasteiger partial charge in [0.05, 0.1) is 32.0 Å². The first-order chi connectivity index (χ1) is 14.3. The number of nitrogens with one attached hydrogen (secondary N) is 1. The third-order valence-electron chi connectivity index (χ3n) is 4.01. The number of amides is 1. The summed E-state index contributed by atoms with van der Waals surface area (Å²) in [5, 5.41) is 32.1. The summed E-state index contributed by atoms with van der Waals surface area (Å²) in [6.07, 6.45) is 0. The fraction of sp³-hybridized carbons (Fsp3) is 0.167. The van der Waals surface area contributed by atoms with Crippen molar-refractivity contribution in [2.24, 2.45) is 0 Å². The highest BCUT2D eigenvalue weighted by molar-refractivity contribution is 7.99. The second-order valence-corrected chi connectivity index (χ2v) is 7.70. The Bertz CT molecular complexity index is 1100. The number of hydrogen-bond acceptors (Lipinski definition) is 7. The molecule has 0 atom stereocenters. The number of benzene rings is 2. The van der Waals surface area contributed by atoms with E-state index in [4.69, 9.17) is 23.2 Å². The summed E-state index contributed by atoms with van der Waals surface area (Å²) in [4.78, 5) is 22.6. The van der Waals surface area contributed by atoms with Gasteiger partial charge in [0.2, 0.25) is 5.91 Å². The predicted molar refractivity (Wildman–Crippen MR) is 115 cm³/mol. The molecular formula is C18H15Cl2N5O4S. The quantitative estimate of drug-likeness (QED) is 0.295. The molecule has 0 bridgehead atoms. The van der Waals surface area contributed by atoms with Crippen LogP contribution in [-0.4, -0.2) is 36.5 Å². The van der Waals surface area contributed by atoms with E-state index in [1.165, 1.54) is 0 Å². The topological polar surface area (TPSA) is 123 Å². The maximum atomic E-state index is 12.4. The van der Waals surface area contributed by atoms with Gasteiger partial charge in [-0.1, -0.05) is 47.1 Å². The molecule has 1 aromatic heterocycles. The minimum Gasteiger partial charge on any atom is -0.507 e. The van der Waals surface area contributed by atoms with Crippen LogP contribution in [0.5, 0.6) is 5.75 Å². The molecule has 2 aromatic carbocycles. The predicted octanol–water partition coefficient (Wildman–Crippen LogP) is 4.62. The number of rotatable bonds is 7. The first-order valence-corrected chi connectivity index (χ1v) is 10.3. The van der Waals surface area contributed by atoms with Crippen molar-refractivity contribution in [3.63, 3.8) is 0 Å². The third-order valence-corrected chi connectivity index (χ3v) is 5.58. The molecule has 0 aliphatic heterocycles. The molecule has 0 unspecified atom stereocenters. The lowest BCUT2D eigenvalue weighted by molar-refractivity contribution is -0.384. The number of phenols is 1. The summed E-state index contributed by atoms with van der Waals surface area (Å²) in [7, 11) is 0. The molecule has 1 amide bonds. The van der Waals surface area contributed by atoms with Gasteiger partial charge in [0.15, 0.2) is 11.0 Å². The third kappa shape index (κ3) is 4.66. The standard InChI is InChI=1S/C18H15Cl2N5O4S/c1-2-24-17(11-5-3-4-6-14(11)26)22-23-18(24)30-9-15(27)21-16-12(19)7-10(25(28)29)8-13(16)20/h3-8,26H,2,9H2,1H3,(H,21,27). The number of halogens is 2. The first kappa shape index (κ1) is 21.9. The van der Waals surface area contributed by atoms with Crippen molar-refractivity contribution in [2.45, 2.75) is 18.6 Å². The van der Waals surface area contributed by atoms with E-state index in [0.29, 0.717) is 23.1 Å². The number of phenolic OH excluding ortho intramolecular Hbond substituents is 1. The number of nitro benzene ring substituents is 1. The van der Waals surface area contributed by atoms with E-state index in [0.717, 1.165) is 23.9 Å². The lowest BCUT2D eigenvalue weighted by Crippen LogP contribution is -2.15. The molecule has 0 saturated carbocycles. The highest BCUT2D eigenvalue weighted by Gasteiger charge is 2.19. The van der Waals surface area contributed by atoms with Crippen molar-refractivity contribution in [1.82, 2.24) is 14.8 Å². The fourth-order valence-electron chi connectivity index (χ4n) is 2.63. The van der Waals surface area contributed by atoms with E-state index in [-0.39, 0.29) is 32.9 Å². The molecule has 0 aliphatic rings. The molecule has 0 aliphatic carbocycles. The Labute approximate surface area is 185 Å². The van der Waals surface area contributed by atoms with Gasteiger partial charge in [0, 0.05) is 18.7 Å². The summed E-state index contributed by atoms with van der Waals surface area (Å²) in [5.74, 6) is 0.117. The van der Waals surface area contributed by atoms with Crippen LogP contribution in [0.3, 0.4) is 0 Å². The van der Waals surface area contributed by atoms with Gasteiger partial charge < -0.3 is 15.0 Å². The average Bonchev–Trinajstić information content (AvgIpc) is 3.12. The number of carbonyl (C=O) groups excluding carboxylic acids is 1. The molecule has 30 heavy (non-hydrogen) atoms. The maximum Gasteiger partial charge on any atom is 0.272 e. The van der Waals surface area contributed by atoms with Crippen LogP contribution in [0.2, 0.25) is 10.0 Å². The van der Waals surface area contributed by atoms with Crippen LogP contribution < -0.4 is 5.32 Å². The highest BCUT2D eigenvalue weighted by atomic mass is 35.5. The summed E-state index contributed by atoms with van der Waals surface area (Å²) in [5.41, 5.74) is 0.360. The molecule has 2 N–H and O–H groups in total. The number of hydrogen-bond donors (Lipinski definition) is 2. The Morgan fingerprint density at radius 1 is 1.27 bits per heavy atom. The lowest BCUT2D eigenvalue weighted by Gasteiger charge is -2.10. The zero-order valence-corrected chi connectivity index (χ0v) is 17.8. The Balaban J connectivity index is 1.73. The average molecular weight is 468 g/mol. The first-order valence-electron chi connectivity index (χ1n) is 8.59. The maximum absolute atomic E-state index is 12.4. The number of para-hydroxylation sites is 1. The molecule has 0 spiro atoms. The van der Waals surface area contributed by atoms with Crippen LogP contribution in [0, 0.1) is 10.1 Å². The molecule has 3 rings (SSSR count). The van der Waals surface area contributed by atoms with E-state index >= 15 is 0 Å². The molecule has 1 heterocycles. The number of aromatic nitrogens is 3. The van der Waals surface area contributed by atoms with Crippen LogP contribution >= 0.6 is 35.0 Å². The number of non-ortho nitro benzene ring substituents is 1. The number of carbonyl (C=O) groups is 1. The Hall–Kier alpha value is -2.82. The number of aromatic hydroxyl groups is 1. The van der Waals surface area contributed by atoms with E-state index in [9.17, 15) is 20.0 Å². The van der Waals surface area contributed by atoms with Gasteiger partial charge in [-0.15, -0.1) is 10.2 Å². The Morgan fingerprint density at radius 2 is 1.93 bits per heavy atom. The molecule has 12 heteroatoms. The van der Waals surface area contributed by atoms with Crippen molar-refractivity contribution in [3.05, 3.63) is 56.6 Å². The second-order valence-electron chi connectivity index (χ2n) is 5.95. The van der Waals surface area contributed by atoms with Crippen molar-refractivity contribution in [1.29, 1.82) is 0 Å². The smallest absolute Gasteiger partial charge is 0.272 e. The lowest BCUT2D eigenvalue weighted by atomic mass is 10.2. The molecular weight excluding hydrogens is 453 g/mol. The number of thioether (sulfide) groups is 1. The SMILES string of the molecule is CCn1c(SCC(=O)Nc2c(Cl)cc([N+](=O)[O-])cc2Cl)nnc1-c1ccccc1O. The molecule has 156 valence electrons. The van der Waals surface area contributed by atoms with Crippen molar-refractivity contribution < 1.29 is 14.8 Å². The van der Waals surface area contributed by atoms with Gasteiger partial charge in [-0.05, 0) is 19.1 Å². The second kappa shape index (κ2) is 9.33. The summed E-state index contributed by atoms with van der Waals surface area (Å²) in [6.45, 7) is 2.42. The Morgan fingerprint density at radius 3 is 2.53 bits per heavy atom. The molecule has 0 saturated heterocycles. The van der Waals surface area contributed by atoms with Gasteiger partial charge in [0.25, 0.3) is 5.69 Å². The minimum atomic E-state index is -0.626. The fourth-order valence-corrected chi connectivity index (χ4v) is 4.01. The Kier molecular flexibility index (Phi) is 6.80. The number of nitro groups is 1. The monoisotopic (exact) mass is 467 g/mol. The van der Waals surface area contributed by atoms with Crippen LogP contribution in [0.1, 0.15) is 6.92 Å². The molecule has 9 nitrogen and oxygen atoms in total. The van der Waals surface area contributed by atoms with Gasteiger partial charge in [-0.25, -0.2) is 0 Å². The van der Waals surface area contributed by atoms with Gasteiger partial charge in [0.1, 0.15) is 5.75 Å². The number of nitrogens with zero attached hydrogens (tertiary/aromatic N) is 4. The van der Waals surface area contributed by atoms with Crippen LogP contribution in [0.15, 0.2) is 41.6 Å². The van der Waals surface area contributed by atoms with Gasteiger partial charge in [-0.3, -0.25) is 14.9 Å². The largest absolute Gasteiger partial charge is 0.507 e.